The Balaban J connectivity index is 1.94. The molecule has 1 aromatic carbocycles. The fraction of sp³-hybridized carbons (Fsp3) is 0.565. The van der Waals surface area contributed by atoms with Gasteiger partial charge in [-0.2, -0.15) is 0 Å². The predicted molar refractivity (Wildman–Crippen MR) is 115 cm³/mol. The Morgan fingerprint density at radius 2 is 1.44 bits per heavy atom. The van der Waals surface area contributed by atoms with Crippen molar-refractivity contribution in [2.24, 2.45) is 0 Å². The van der Waals surface area contributed by atoms with Gasteiger partial charge in [-0.05, 0) is 12.0 Å². The lowest BCUT2D eigenvalue weighted by Gasteiger charge is -2.15. The summed E-state index contributed by atoms with van der Waals surface area (Å²) in [5.41, 5.74) is 1.43. The third-order valence-corrected chi connectivity index (χ3v) is 5.86. The smallest absolute Gasteiger partial charge is 0.267 e. The number of unbranched alkanes of at least 4 members (excludes halogenated alkanes) is 7. The topological polar surface area (TPSA) is 37.4 Å². The maximum atomic E-state index is 13.0. The third kappa shape index (κ3) is 6.24. The molecular weight excluding hydrogens is 354 g/mol. The molecule has 1 aliphatic rings. The van der Waals surface area contributed by atoms with Crippen LogP contribution in [0, 0.1) is 0 Å². The average Bonchev–Trinajstić information content (AvgIpc) is 2.88. The van der Waals surface area contributed by atoms with Gasteiger partial charge < -0.3 is 0 Å². The number of thioether (sulfide) groups is 1. The highest BCUT2D eigenvalue weighted by Crippen LogP contribution is 2.37. The SMILES string of the molecule is CCCCCCCCCCN1C(=O)C(SC(C)C)=C(c2ccccc2)C1=O. The molecular formula is C23H33NO2S. The Morgan fingerprint density at radius 1 is 0.852 bits per heavy atom. The van der Waals surface area contributed by atoms with Gasteiger partial charge in [0, 0.05) is 11.8 Å². The first-order valence-electron chi connectivity index (χ1n) is 10.4. The Morgan fingerprint density at radius 3 is 2.04 bits per heavy atom. The molecule has 0 spiro atoms. The number of nitrogens with zero attached hydrogens (tertiary/aromatic N) is 1. The highest BCUT2D eigenvalue weighted by Gasteiger charge is 2.38. The van der Waals surface area contributed by atoms with E-state index in [-0.39, 0.29) is 17.1 Å². The second-order valence-corrected chi connectivity index (χ2v) is 9.06. The zero-order chi connectivity index (χ0) is 19.6. The third-order valence-electron chi connectivity index (χ3n) is 4.78. The highest BCUT2D eigenvalue weighted by molar-refractivity contribution is 8.04. The summed E-state index contributed by atoms with van der Waals surface area (Å²) in [4.78, 5) is 28.0. The first-order valence-corrected chi connectivity index (χ1v) is 11.3. The van der Waals surface area contributed by atoms with Crippen molar-refractivity contribution < 1.29 is 9.59 Å². The van der Waals surface area contributed by atoms with Crippen molar-refractivity contribution in [3.8, 4) is 0 Å². The maximum absolute atomic E-state index is 13.0. The van der Waals surface area contributed by atoms with Gasteiger partial charge in [0.05, 0.1) is 10.5 Å². The molecule has 0 saturated heterocycles. The lowest BCUT2D eigenvalue weighted by atomic mass is 10.1. The van der Waals surface area contributed by atoms with Gasteiger partial charge >= 0.3 is 0 Å². The Bertz CT molecular complexity index is 652. The van der Waals surface area contributed by atoms with Crippen molar-refractivity contribution >= 4 is 29.1 Å². The molecule has 0 N–H and O–H groups in total. The fourth-order valence-corrected chi connectivity index (χ4v) is 4.37. The second-order valence-electron chi connectivity index (χ2n) is 7.47. The van der Waals surface area contributed by atoms with E-state index in [2.05, 4.69) is 20.8 Å². The minimum absolute atomic E-state index is 0.111. The van der Waals surface area contributed by atoms with Crippen molar-refractivity contribution in [1.82, 2.24) is 4.90 Å². The molecule has 0 fully saturated rings. The number of imide groups is 1. The van der Waals surface area contributed by atoms with Crippen molar-refractivity contribution in [1.29, 1.82) is 0 Å². The average molecular weight is 388 g/mol. The molecule has 27 heavy (non-hydrogen) atoms. The van der Waals surface area contributed by atoms with E-state index in [1.807, 2.05) is 30.3 Å². The van der Waals surface area contributed by atoms with Crippen LogP contribution in [0.1, 0.15) is 77.7 Å². The largest absolute Gasteiger partial charge is 0.274 e. The molecule has 3 nitrogen and oxygen atoms in total. The van der Waals surface area contributed by atoms with Crippen LogP contribution in [0.5, 0.6) is 0 Å². The number of benzene rings is 1. The molecule has 1 aliphatic heterocycles. The van der Waals surface area contributed by atoms with Crippen LogP contribution in [0.15, 0.2) is 35.2 Å². The quantitative estimate of drug-likeness (QED) is 0.324. The summed E-state index contributed by atoms with van der Waals surface area (Å²) >= 11 is 1.50. The molecule has 4 heteroatoms. The van der Waals surface area contributed by atoms with Crippen molar-refractivity contribution in [2.45, 2.75) is 77.4 Å². The standard InChI is InChI=1S/C23H33NO2S/c1-4-5-6-7-8-9-10-14-17-24-22(25)20(19-15-12-11-13-16-19)21(23(24)26)27-18(2)3/h11-13,15-16,18H,4-10,14,17H2,1-3H3. The van der Waals surface area contributed by atoms with E-state index < -0.39 is 0 Å². The first-order chi connectivity index (χ1) is 13.1. The van der Waals surface area contributed by atoms with Crippen LogP contribution in [0.25, 0.3) is 5.57 Å². The van der Waals surface area contributed by atoms with Crippen LogP contribution in [0.3, 0.4) is 0 Å². The maximum Gasteiger partial charge on any atom is 0.267 e. The summed E-state index contributed by atoms with van der Waals surface area (Å²) < 4.78 is 0. The van der Waals surface area contributed by atoms with E-state index in [1.165, 1.54) is 55.2 Å². The van der Waals surface area contributed by atoms with Gasteiger partial charge in [-0.1, -0.05) is 96.0 Å². The van der Waals surface area contributed by atoms with Crippen molar-refractivity contribution in [2.75, 3.05) is 6.54 Å². The molecule has 148 valence electrons. The summed E-state index contributed by atoms with van der Waals surface area (Å²) in [5.74, 6) is -0.238. The molecule has 0 aromatic heterocycles. The summed E-state index contributed by atoms with van der Waals surface area (Å²) in [6.45, 7) is 6.87. The number of hydrogen-bond acceptors (Lipinski definition) is 3. The van der Waals surface area contributed by atoms with Gasteiger partial charge in [-0.25, -0.2) is 0 Å². The van der Waals surface area contributed by atoms with Crippen LogP contribution < -0.4 is 0 Å². The molecule has 2 amide bonds. The van der Waals surface area contributed by atoms with E-state index in [0.29, 0.717) is 17.0 Å². The highest BCUT2D eigenvalue weighted by atomic mass is 32.2. The number of carbonyl (C=O) groups is 2. The minimum Gasteiger partial charge on any atom is -0.274 e. The number of rotatable bonds is 12. The van der Waals surface area contributed by atoms with E-state index in [1.54, 1.807) is 0 Å². The van der Waals surface area contributed by atoms with E-state index >= 15 is 0 Å². The van der Waals surface area contributed by atoms with Crippen LogP contribution in [-0.2, 0) is 9.59 Å². The first kappa shape index (κ1) is 21.7. The molecule has 1 heterocycles. The van der Waals surface area contributed by atoms with Gasteiger partial charge in [0.25, 0.3) is 11.8 Å². The van der Waals surface area contributed by atoms with E-state index in [0.717, 1.165) is 18.4 Å². The van der Waals surface area contributed by atoms with Crippen LogP contribution in [0.2, 0.25) is 0 Å². The van der Waals surface area contributed by atoms with Crippen molar-refractivity contribution in [3.05, 3.63) is 40.8 Å². The number of hydrogen-bond donors (Lipinski definition) is 0. The molecule has 1 aromatic rings. The Kier molecular flexibility index (Phi) is 9.12. The van der Waals surface area contributed by atoms with Gasteiger partial charge in [0.15, 0.2) is 0 Å². The van der Waals surface area contributed by atoms with Crippen LogP contribution >= 0.6 is 11.8 Å². The summed E-state index contributed by atoms with van der Waals surface area (Å²) in [6, 6.07) is 9.60. The number of carbonyl (C=O) groups excluding carboxylic acids is 2. The summed E-state index contributed by atoms with van der Waals surface area (Å²) in [6.07, 6.45) is 9.62. The molecule has 2 rings (SSSR count). The minimum atomic E-state index is -0.128. The fourth-order valence-electron chi connectivity index (χ4n) is 3.37. The Labute approximate surface area is 168 Å². The molecule has 0 aliphatic carbocycles. The summed E-state index contributed by atoms with van der Waals surface area (Å²) in [5, 5.41) is 0.263. The second kappa shape index (κ2) is 11.3. The Hall–Kier alpha value is -1.55. The molecule has 0 radical (unpaired) electrons. The predicted octanol–water partition coefficient (Wildman–Crippen LogP) is 6.05. The summed E-state index contributed by atoms with van der Waals surface area (Å²) in [7, 11) is 0. The molecule has 0 atom stereocenters. The van der Waals surface area contributed by atoms with Crippen LogP contribution in [0.4, 0.5) is 0 Å². The van der Waals surface area contributed by atoms with Crippen LogP contribution in [-0.4, -0.2) is 28.5 Å². The van der Waals surface area contributed by atoms with Gasteiger partial charge in [0.2, 0.25) is 0 Å². The van der Waals surface area contributed by atoms with Gasteiger partial charge in [0.1, 0.15) is 0 Å². The molecule has 0 saturated carbocycles. The zero-order valence-electron chi connectivity index (χ0n) is 17.0. The molecule has 0 bridgehead atoms. The molecule has 0 unspecified atom stereocenters. The lowest BCUT2D eigenvalue weighted by Crippen LogP contribution is -2.32. The normalized spacial score (nSPS) is 14.7. The van der Waals surface area contributed by atoms with Gasteiger partial charge in [-0.15, -0.1) is 11.8 Å². The zero-order valence-corrected chi connectivity index (χ0v) is 17.8. The number of amides is 2. The van der Waals surface area contributed by atoms with Crippen molar-refractivity contribution in [3.63, 3.8) is 0 Å². The monoisotopic (exact) mass is 387 g/mol. The van der Waals surface area contributed by atoms with E-state index in [9.17, 15) is 9.59 Å². The van der Waals surface area contributed by atoms with Gasteiger partial charge in [-0.3, -0.25) is 14.5 Å². The lowest BCUT2D eigenvalue weighted by molar-refractivity contribution is -0.136. The van der Waals surface area contributed by atoms with E-state index in [4.69, 9.17) is 0 Å².